The highest BCUT2D eigenvalue weighted by atomic mass is 35.5. The maximum absolute atomic E-state index is 13.0. The van der Waals surface area contributed by atoms with E-state index in [1.165, 1.54) is 12.1 Å². The van der Waals surface area contributed by atoms with Crippen molar-refractivity contribution < 1.29 is 14.0 Å². The van der Waals surface area contributed by atoms with Gasteiger partial charge in [0, 0.05) is 10.9 Å². The molecule has 0 saturated carbocycles. The first-order valence-electron chi connectivity index (χ1n) is 8.06. The van der Waals surface area contributed by atoms with Crippen molar-refractivity contribution in [3.8, 4) is 0 Å². The van der Waals surface area contributed by atoms with E-state index in [1.54, 1.807) is 18.2 Å². The minimum Gasteiger partial charge on any atom is -0.268 e. The molecule has 0 unspecified atom stereocenters. The molecule has 1 aliphatic rings. The zero-order valence-corrected chi connectivity index (χ0v) is 15.4. The van der Waals surface area contributed by atoms with E-state index in [4.69, 9.17) is 11.6 Å². The fraction of sp³-hybridized carbons (Fsp3) is 0.0500. The van der Waals surface area contributed by atoms with Gasteiger partial charge in [-0.3, -0.25) is 14.5 Å². The molecule has 1 saturated heterocycles. The highest BCUT2D eigenvalue weighted by Gasteiger charge is 2.35. The normalized spacial score (nSPS) is 15.9. The SMILES string of the molecule is O=C1S/C(=C\c2ccc(F)cc2)C(=O)N1Cc1cc2ccccc2nc1Cl. The summed E-state index contributed by atoms with van der Waals surface area (Å²) < 4.78 is 13.0. The zero-order valence-electron chi connectivity index (χ0n) is 13.9. The lowest BCUT2D eigenvalue weighted by molar-refractivity contribution is -0.123. The number of rotatable bonds is 3. The van der Waals surface area contributed by atoms with E-state index in [2.05, 4.69) is 4.98 Å². The first kappa shape index (κ1) is 17.7. The molecule has 2 aromatic carbocycles. The van der Waals surface area contributed by atoms with Crippen LogP contribution in [-0.2, 0) is 11.3 Å². The Labute approximate surface area is 163 Å². The third-order valence-electron chi connectivity index (χ3n) is 4.12. The molecule has 2 heterocycles. The highest BCUT2D eigenvalue weighted by Crippen LogP contribution is 2.34. The summed E-state index contributed by atoms with van der Waals surface area (Å²) in [5, 5.41) is 0.763. The topological polar surface area (TPSA) is 50.3 Å². The Hall–Kier alpha value is -2.70. The van der Waals surface area contributed by atoms with Gasteiger partial charge in [0.2, 0.25) is 0 Å². The van der Waals surface area contributed by atoms with Crippen LogP contribution in [0, 0.1) is 5.82 Å². The molecule has 27 heavy (non-hydrogen) atoms. The Morgan fingerprint density at radius 3 is 2.63 bits per heavy atom. The van der Waals surface area contributed by atoms with Crippen molar-refractivity contribution in [2.45, 2.75) is 6.54 Å². The van der Waals surface area contributed by atoms with Gasteiger partial charge in [-0.25, -0.2) is 9.37 Å². The molecule has 1 fully saturated rings. The maximum atomic E-state index is 13.0. The summed E-state index contributed by atoms with van der Waals surface area (Å²) in [7, 11) is 0. The van der Waals surface area contributed by atoms with Crippen LogP contribution in [0.1, 0.15) is 11.1 Å². The van der Waals surface area contributed by atoms with Crippen molar-refractivity contribution in [1.29, 1.82) is 0 Å². The fourth-order valence-electron chi connectivity index (χ4n) is 2.76. The van der Waals surface area contributed by atoms with Crippen molar-refractivity contribution >= 4 is 51.5 Å². The number of nitrogens with zero attached hydrogens (tertiary/aromatic N) is 2. The summed E-state index contributed by atoms with van der Waals surface area (Å²) in [6.07, 6.45) is 1.57. The number of halogens is 2. The first-order valence-corrected chi connectivity index (χ1v) is 9.26. The molecule has 4 rings (SSSR count). The minimum atomic E-state index is -0.404. The Morgan fingerprint density at radius 1 is 1.11 bits per heavy atom. The summed E-state index contributed by atoms with van der Waals surface area (Å²) in [5.41, 5.74) is 1.99. The van der Waals surface area contributed by atoms with Crippen LogP contribution in [0.15, 0.2) is 59.5 Å². The molecule has 1 aromatic heterocycles. The van der Waals surface area contributed by atoms with E-state index in [9.17, 15) is 14.0 Å². The third-order valence-corrected chi connectivity index (χ3v) is 5.35. The lowest BCUT2D eigenvalue weighted by atomic mass is 10.1. The standard InChI is InChI=1S/C20H12ClFN2O2S/c21-18-14(10-13-3-1-2-4-16(13)23-18)11-24-19(25)17(27-20(24)26)9-12-5-7-15(22)8-6-12/h1-10H,11H2/b17-9-. The molecule has 1 aliphatic heterocycles. The number of imide groups is 1. The van der Waals surface area contributed by atoms with Crippen LogP contribution in [0.2, 0.25) is 5.15 Å². The molecule has 2 amide bonds. The second kappa shape index (κ2) is 7.13. The van der Waals surface area contributed by atoms with Gasteiger partial charge in [0.05, 0.1) is 17.0 Å². The number of hydrogen-bond acceptors (Lipinski definition) is 4. The largest absolute Gasteiger partial charge is 0.293 e. The molecule has 0 radical (unpaired) electrons. The van der Waals surface area contributed by atoms with E-state index < -0.39 is 5.91 Å². The van der Waals surface area contributed by atoms with Crippen LogP contribution in [0.5, 0.6) is 0 Å². The average Bonchev–Trinajstić information content (AvgIpc) is 2.91. The quantitative estimate of drug-likeness (QED) is 0.446. The van der Waals surface area contributed by atoms with Crippen LogP contribution < -0.4 is 0 Å². The molecule has 0 N–H and O–H groups in total. The molecular weight excluding hydrogens is 387 g/mol. The molecule has 134 valence electrons. The van der Waals surface area contributed by atoms with Crippen LogP contribution in [0.3, 0.4) is 0 Å². The second-order valence-corrected chi connectivity index (χ2v) is 7.30. The van der Waals surface area contributed by atoms with Gasteiger partial charge in [-0.2, -0.15) is 0 Å². The maximum Gasteiger partial charge on any atom is 0.293 e. The van der Waals surface area contributed by atoms with Crippen LogP contribution in [-0.4, -0.2) is 21.0 Å². The summed E-state index contributed by atoms with van der Waals surface area (Å²) in [6.45, 7) is 0.0437. The molecular formula is C20H12ClFN2O2S. The summed E-state index contributed by atoms with van der Waals surface area (Å²) in [4.78, 5) is 30.7. The van der Waals surface area contributed by atoms with E-state index in [0.717, 1.165) is 27.6 Å². The molecule has 0 spiro atoms. The lowest BCUT2D eigenvalue weighted by Gasteiger charge is -2.14. The van der Waals surface area contributed by atoms with Crippen LogP contribution in [0.4, 0.5) is 9.18 Å². The van der Waals surface area contributed by atoms with Gasteiger partial charge in [-0.05, 0) is 47.7 Å². The fourth-order valence-corrected chi connectivity index (χ4v) is 3.81. The van der Waals surface area contributed by atoms with Crippen molar-refractivity contribution in [2.75, 3.05) is 0 Å². The highest BCUT2D eigenvalue weighted by molar-refractivity contribution is 8.18. The van der Waals surface area contributed by atoms with Gasteiger partial charge >= 0.3 is 0 Å². The first-order chi connectivity index (χ1) is 13.0. The monoisotopic (exact) mass is 398 g/mol. The van der Waals surface area contributed by atoms with E-state index >= 15 is 0 Å². The number of carbonyl (C=O) groups is 2. The molecule has 3 aromatic rings. The number of carbonyl (C=O) groups excluding carboxylic acids is 2. The predicted molar refractivity (Wildman–Crippen MR) is 105 cm³/mol. The van der Waals surface area contributed by atoms with Gasteiger partial charge in [0.15, 0.2) is 0 Å². The average molecular weight is 399 g/mol. The lowest BCUT2D eigenvalue weighted by Crippen LogP contribution is -2.27. The van der Waals surface area contributed by atoms with E-state index in [0.29, 0.717) is 11.1 Å². The van der Waals surface area contributed by atoms with Crippen LogP contribution in [0.25, 0.3) is 17.0 Å². The van der Waals surface area contributed by atoms with Crippen LogP contribution >= 0.6 is 23.4 Å². The molecule has 0 bridgehead atoms. The van der Waals surface area contributed by atoms with Gasteiger partial charge in [-0.15, -0.1) is 0 Å². The number of pyridine rings is 1. The number of fused-ring (bicyclic) bond motifs is 1. The third kappa shape index (κ3) is 3.59. The van der Waals surface area contributed by atoms with Gasteiger partial charge in [-0.1, -0.05) is 41.9 Å². The smallest absolute Gasteiger partial charge is 0.268 e. The molecule has 4 nitrogen and oxygen atoms in total. The van der Waals surface area contributed by atoms with Gasteiger partial charge in [0.1, 0.15) is 11.0 Å². The van der Waals surface area contributed by atoms with E-state index in [1.807, 2.05) is 30.3 Å². The second-order valence-electron chi connectivity index (χ2n) is 5.95. The Morgan fingerprint density at radius 2 is 1.85 bits per heavy atom. The van der Waals surface area contributed by atoms with Crippen molar-refractivity contribution in [1.82, 2.24) is 9.88 Å². The molecule has 7 heteroatoms. The minimum absolute atomic E-state index is 0.0437. The predicted octanol–water partition coefficient (Wildman–Crippen LogP) is 5.26. The number of amides is 2. The zero-order chi connectivity index (χ0) is 19.0. The van der Waals surface area contributed by atoms with Crippen molar-refractivity contribution in [3.63, 3.8) is 0 Å². The van der Waals surface area contributed by atoms with Crippen molar-refractivity contribution in [3.05, 3.63) is 81.6 Å². The van der Waals surface area contributed by atoms with E-state index in [-0.39, 0.29) is 27.7 Å². The molecule has 0 atom stereocenters. The number of hydrogen-bond donors (Lipinski definition) is 0. The number of benzene rings is 2. The van der Waals surface area contributed by atoms with Crippen molar-refractivity contribution in [2.24, 2.45) is 0 Å². The Bertz CT molecular complexity index is 1100. The Balaban J connectivity index is 1.61. The number of thioether (sulfide) groups is 1. The number of para-hydroxylation sites is 1. The Kier molecular flexibility index (Phi) is 4.68. The van der Waals surface area contributed by atoms with Gasteiger partial charge < -0.3 is 0 Å². The van der Waals surface area contributed by atoms with Gasteiger partial charge in [0.25, 0.3) is 11.1 Å². The summed E-state index contributed by atoms with van der Waals surface area (Å²) in [6, 6.07) is 15.0. The summed E-state index contributed by atoms with van der Waals surface area (Å²) in [5.74, 6) is -0.766. The number of aromatic nitrogens is 1. The molecule has 0 aliphatic carbocycles. The summed E-state index contributed by atoms with van der Waals surface area (Å²) >= 11 is 7.09.